The van der Waals surface area contributed by atoms with Crippen molar-refractivity contribution in [2.75, 3.05) is 46.9 Å². The molecule has 1 aromatic carbocycles. The Balaban J connectivity index is 0.00000338. The molecule has 1 aliphatic carbocycles. The zero-order valence-electron chi connectivity index (χ0n) is 16.1. The van der Waals surface area contributed by atoms with Crippen molar-refractivity contribution in [3.05, 3.63) is 35.6 Å². The average Bonchev–Trinajstić information content (AvgIpc) is 3.42. The number of benzene rings is 1. The van der Waals surface area contributed by atoms with Crippen molar-refractivity contribution in [3.8, 4) is 0 Å². The minimum Gasteiger partial charge on any atom is -0.383 e. The maximum absolute atomic E-state index is 13.4. The molecule has 0 unspecified atom stereocenters. The van der Waals surface area contributed by atoms with Crippen LogP contribution in [0.5, 0.6) is 0 Å². The number of methoxy groups -OCH3 is 1. The summed E-state index contributed by atoms with van der Waals surface area (Å²) in [6, 6.07) is 7.42. The van der Waals surface area contributed by atoms with Gasteiger partial charge in [-0.2, -0.15) is 0 Å². The Hall–Kier alpha value is -0.930. The predicted octanol–water partition coefficient (Wildman–Crippen LogP) is 2.95. The van der Waals surface area contributed by atoms with Crippen molar-refractivity contribution in [2.24, 2.45) is 4.99 Å². The van der Waals surface area contributed by atoms with E-state index < -0.39 is 0 Å². The standard InChI is InChI=1S/C19H31FN4O.HI/c1-4-21-19(23(2)15-16-6-5-7-17(20)14-16)22-10-11-24(12-13-25-3)18-8-9-18;/h5-7,14,18H,4,8-13,15H2,1-3H3,(H,21,22);1H. The molecule has 148 valence electrons. The molecule has 0 spiro atoms. The summed E-state index contributed by atoms with van der Waals surface area (Å²) in [5.74, 6) is 0.653. The van der Waals surface area contributed by atoms with Gasteiger partial charge in [0.25, 0.3) is 0 Å². The van der Waals surface area contributed by atoms with Crippen LogP contribution in [0.25, 0.3) is 0 Å². The van der Waals surface area contributed by atoms with E-state index in [0.29, 0.717) is 12.6 Å². The lowest BCUT2D eigenvalue weighted by Gasteiger charge is -2.24. The van der Waals surface area contributed by atoms with E-state index in [1.54, 1.807) is 19.2 Å². The number of hydrogen-bond donors (Lipinski definition) is 1. The van der Waals surface area contributed by atoms with E-state index in [4.69, 9.17) is 9.73 Å². The summed E-state index contributed by atoms with van der Waals surface area (Å²) >= 11 is 0. The molecular formula is C19H32FIN4O. The summed E-state index contributed by atoms with van der Waals surface area (Å²) in [6.07, 6.45) is 2.57. The van der Waals surface area contributed by atoms with E-state index >= 15 is 0 Å². The lowest BCUT2D eigenvalue weighted by Crippen LogP contribution is -2.39. The number of rotatable bonds is 10. The average molecular weight is 478 g/mol. The van der Waals surface area contributed by atoms with Gasteiger partial charge in [0, 0.05) is 46.4 Å². The van der Waals surface area contributed by atoms with Crippen molar-refractivity contribution in [1.82, 2.24) is 15.1 Å². The van der Waals surface area contributed by atoms with Gasteiger partial charge in [-0.15, -0.1) is 24.0 Å². The molecule has 2 rings (SSSR count). The highest BCUT2D eigenvalue weighted by atomic mass is 127. The third-order valence-corrected chi connectivity index (χ3v) is 4.30. The topological polar surface area (TPSA) is 40.1 Å². The van der Waals surface area contributed by atoms with Crippen LogP contribution in [0, 0.1) is 5.82 Å². The summed E-state index contributed by atoms with van der Waals surface area (Å²) in [7, 11) is 3.73. The van der Waals surface area contributed by atoms with E-state index in [0.717, 1.165) is 44.3 Å². The summed E-state index contributed by atoms with van der Waals surface area (Å²) in [4.78, 5) is 9.24. The van der Waals surface area contributed by atoms with Crippen LogP contribution in [0.3, 0.4) is 0 Å². The quantitative estimate of drug-likeness (QED) is 0.319. The molecule has 7 heteroatoms. The van der Waals surface area contributed by atoms with Crippen molar-refractivity contribution < 1.29 is 9.13 Å². The number of nitrogens with one attached hydrogen (secondary N) is 1. The third-order valence-electron chi connectivity index (χ3n) is 4.30. The maximum atomic E-state index is 13.4. The maximum Gasteiger partial charge on any atom is 0.194 e. The zero-order chi connectivity index (χ0) is 18.1. The summed E-state index contributed by atoms with van der Waals surface area (Å²) in [5.41, 5.74) is 0.938. The van der Waals surface area contributed by atoms with E-state index in [1.807, 2.05) is 18.0 Å². The smallest absolute Gasteiger partial charge is 0.194 e. The first-order valence-electron chi connectivity index (χ1n) is 9.11. The monoisotopic (exact) mass is 478 g/mol. The van der Waals surface area contributed by atoms with Gasteiger partial charge in [0.05, 0.1) is 13.2 Å². The first kappa shape index (κ1) is 23.1. The third kappa shape index (κ3) is 8.18. The summed E-state index contributed by atoms with van der Waals surface area (Å²) < 4.78 is 18.6. The number of guanidine groups is 1. The molecule has 0 atom stereocenters. The van der Waals surface area contributed by atoms with Gasteiger partial charge >= 0.3 is 0 Å². The second kappa shape index (κ2) is 12.5. The molecule has 0 saturated heterocycles. The van der Waals surface area contributed by atoms with Crippen LogP contribution in [0.1, 0.15) is 25.3 Å². The van der Waals surface area contributed by atoms with Crippen LogP contribution >= 0.6 is 24.0 Å². The van der Waals surface area contributed by atoms with Gasteiger partial charge in [-0.25, -0.2) is 4.39 Å². The Labute approximate surface area is 174 Å². The van der Waals surface area contributed by atoms with Gasteiger partial charge in [0.2, 0.25) is 0 Å². The SMILES string of the molecule is CCNC(=NCCN(CCOC)C1CC1)N(C)Cc1cccc(F)c1.I. The first-order chi connectivity index (χ1) is 12.1. The molecule has 0 heterocycles. The minimum atomic E-state index is -0.203. The van der Waals surface area contributed by atoms with Gasteiger partial charge in [0.15, 0.2) is 5.96 Å². The van der Waals surface area contributed by atoms with Crippen molar-refractivity contribution in [3.63, 3.8) is 0 Å². The highest BCUT2D eigenvalue weighted by molar-refractivity contribution is 14.0. The lowest BCUT2D eigenvalue weighted by molar-refractivity contribution is 0.145. The highest BCUT2D eigenvalue weighted by Gasteiger charge is 2.28. The number of hydrogen-bond acceptors (Lipinski definition) is 3. The number of aliphatic imine (C=N–C) groups is 1. The summed E-state index contributed by atoms with van der Waals surface area (Å²) in [5, 5.41) is 3.32. The van der Waals surface area contributed by atoms with Crippen LogP contribution in [0.2, 0.25) is 0 Å². The fourth-order valence-electron chi connectivity index (χ4n) is 2.86. The summed E-state index contributed by atoms with van der Waals surface area (Å²) in [6.45, 7) is 6.90. The van der Waals surface area contributed by atoms with Crippen LogP contribution in [0.15, 0.2) is 29.3 Å². The predicted molar refractivity (Wildman–Crippen MR) is 116 cm³/mol. The number of halogens is 2. The molecule has 1 aromatic rings. The molecule has 0 aromatic heterocycles. The second-order valence-corrected chi connectivity index (χ2v) is 6.48. The Kier molecular flexibility index (Phi) is 11.1. The molecular weight excluding hydrogens is 446 g/mol. The Morgan fingerprint density at radius 3 is 2.73 bits per heavy atom. The Morgan fingerprint density at radius 2 is 2.12 bits per heavy atom. The molecule has 1 fully saturated rings. The lowest BCUT2D eigenvalue weighted by atomic mass is 10.2. The van der Waals surface area contributed by atoms with Crippen molar-refractivity contribution >= 4 is 29.9 Å². The fraction of sp³-hybridized carbons (Fsp3) is 0.632. The van der Waals surface area contributed by atoms with Crippen LogP contribution in [-0.4, -0.2) is 68.7 Å². The molecule has 0 amide bonds. The first-order valence-corrected chi connectivity index (χ1v) is 9.11. The van der Waals surface area contributed by atoms with Gasteiger partial charge in [0.1, 0.15) is 5.82 Å². The largest absolute Gasteiger partial charge is 0.383 e. The second-order valence-electron chi connectivity index (χ2n) is 6.48. The molecule has 0 bridgehead atoms. The van der Waals surface area contributed by atoms with E-state index in [1.165, 1.54) is 18.9 Å². The molecule has 5 nitrogen and oxygen atoms in total. The molecule has 26 heavy (non-hydrogen) atoms. The molecule has 0 radical (unpaired) electrons. The van der Waals surface area contributed by atoms with E-state index in [-0.39, 0.29) is 29.8 Å². The normalized spacial score (nSPS) is 14.3. The van der Waals surface area contributed by atoms with Crippen molar-refractivity contribution in [1.29, 1.82) is 0 Å². The molecule has 1 N–H and O–H groups in total. The minimum absolute atomic E-state index is 0. The zero-order valence-corrected chi connectivity index (χ0v) is 18.4. The van der Waals surface area contributed by atoms with Crippen molar-refractivity contribution in [2.45, 2.75) is 32.4 Å². The van der Waals surface area contributed by atoms with Gasteiger partial charge in [-0.3, -0.25) is 9.89 Å². The van der Waals surface area contributed by atoms with Gasteiger partial charge in [-0.05, 0) is 37.5 Å². The highest BCUT2D eigenvalue weighted by Crippen LogP contribution is 2.26. The molecule has 0 aliphatic heterocycles. The van der Waals surface area contributed by atoms with E-state index in [2.05, 4.69) is 17.1 Å². The molecule has 1 aliphatic rings. The van der Waals surface area contributed by atoms with Crippen LogP contribution in [-0.2, 0) is 11.3 Å². The van der Waals surface area contributed by atoms with Crippen LogP contribution in [0.4, 0.5) is 4.39 Å². The van der Waals surface area contributed by atoms with Gasteiger partial charge < -0.3 is 15.0 Å². The molecule has 1 saturated carbocycles. The fourth-order valence-corrected chi connectivity index (χ4v) is 2.86. The van der Waals surface area contributed by atoms with Gasteiger partial charge in [-0.1, -0.05) is 12.1 Å². The van der Waals surface area contributed by atoms with E-state index in [9.17, 15) is 4.39 Å². The van der Waals surface area contributed by atoms with Crippen LogP contribution < -0.4 is 5.32 Å². The number of ether oxygens (including phenoxy) is 1. The Bertz CT molecular complexity index is 554. The Morgan fingerprint density at radius 1 is 1.35 bits per heavy atom. The number of nitrogens with zero attached hydrogens (tertiary/aromatic N) is 3.